The van der Waals surface area contributed by atoms with E-state index in [0.29, 0.717) is 0 Å². The van der Waals surface area contributed by atoms with Crippen molar-refractivity contribution in [1.82, 2.24) is 0 Å². The number of hydrogen-bond acceptors (Lipinski definition) is 2. The fourth-order valence-electron chi connectivity index (χ4n) is 2.14. The van der Waals surface area contributed by atoms with Crippen LogP contribution in [0.2, 0.25) is 19.6 Å². The minimum Gasteiger partial charge on any atom is -0.0878 e. The van der Waals surface area contributed by atoms with Crippen molar-refractivity contribution in [3.05, 3.63) is 42.5 Å². The van der Waals surface area contributed by atoms with Crippen LogP contribution in [-0.4, -0.2) is 8.07 Å². The van der Waals surface area contributed by atoms with Crippen LogP contribution in [0.4, 0.5) is 0 Å². The lowest BCUT2D eigenvalue weighted by Crippen LogP contribution is -2.39. The van der Waals surface area contributed by atoms with Crippen LogP contribution < -0.4 is 5.19 Å². The summed E-state index contributed by atoms with van der Waals surface area (Å²) in [7, 11) is -1.27. The van der Waals surface area contributed by atoms with Crippen LogP contribution in [0.15, 0.2) is 62.0 Å². The Morgan fingerprint density at radius 1 is 0.722 bits per heavy atom. The van der Waals surface area contributed by atoms with Crippen LogP contribution in [0, 0.1) is 0 Å². The molecule has 0 aliphatic carbocycles. The van der Waals surface area contributed by atoms with Crippen LogP contribution in [0.1, 0.15) is 0 Å². The third-order valence-corrected chi connectivity index (χ3v) is 7.90. The van der Waals surface area contributed by atoms with E-state index in [4.69, 9.17) is 0 Å². The van der Waals surface area contributed by atoms with Crippen molar-refractivity contribution in [2.75, 3.05) is 0 Å². The van der Waals surface area contributed by atoms with Crippen molar-refractivity contribution in [1.29, 1.82) is 0 Å². The molecule has 1 heterocycles. The summed E-state index contributed by atoms with van der Waals surface area (Å²) in [5.41, 5.74) is 0. The lowest BCUT2D eigenvalue weighted by atomic mass is 10.3. The number of rotatable bonds is 1. The molecule has 2 aromatic rings. The second-order valence-electron chi connectivity index (χ2n) is 5.53. The summed E-state index contributed by atoms with van der Waals surface area (Å²) in [6, 6.07) is 15.5. The zero-order chi connectivity index (χ0) is 12.8. The maximum absolute atomic E-state index is 2.42. The van der Waals surface area contributed by atoms with Gasteiger partial charge >= 0.3 is 0 Å². The second-order valence-corrected chi connectivity index (χ2v) is 12.7. The van der Waals surface area contributed by atoms with Crippen LogP contribution in [0.3, 0.4) is 0 Å². The van der Waals surface area contributed by atoms with Crippen molar-refractivity contribution >= 4 is 36.8 Å². The largest absolute Gasteiger partial charge is 0.0878 e. The summed E-state index contributed by atoms with van der Waals surface area (Å²) in [4.78, 5) is 5.72. The van der Waals surface area contributed by atoms with E-state index in [1.807, 2.05) is 23.5 Å². The molecule has 0 unspecified atom stereocenters. The topological polar surface area (TPSA) is 0 Å². The molecular weight excluding hydrogens is 272 g/mol. The molecule has 0 radical (unpaired) electrons. The van der Waals surface area contributed by atoms with Crippen LogP contribution >= 0.6 is 23.5 Å². The smallest absolute Gasteiger partial charge is 0.0791 e. The summed E-state index contributed by atoms with van der Waals surface area (Å²) in [6.45, 7) is 7.27. The van der Waals surface area contributed by atoms with Gasteiger partial charge in [0.05, 0.1) is 8.07 Å². The Balaban J connectivity index is 2.14. The lowest BCUT2D eigenvalue weighted by molar-refractivity contribution is 1.17. The van der Waals surface area contributed by atoms with E-state index in [-0.39, 0.29) is 0 Å². The first-order chi connectivity index (χ1) is 8.55. The fraction of sp³-hybridized carbons (Fsp3) is 0.200. The SMILES string of the molecule is C[Si](C)(C)c1cccc2c1Sc1ccccc1S2. The highest BCUT2D eigenvalue weighted by molar-refractivity contribution is 8.05. The Morgan fingerprint density at radius 3 is 2.00 bits per heavy atom. The standard InChI is InChI=1S/C15H16S2Si/c1-18(2,3)14-10-6-9-13-15(14)17-12-8-5-4-7-11(12)16-13/h4-10H,1-3H3. The van der Waals surface area contributed by atoms with E-state index >= 15 is 0 Å². The Hall–Kier alpha value is -0.643. The molecule has 0 amide bonds. The molecule has 0 spiro atoms. The molecule has 0 saturated heterocycles. The first-order valence-electron chi connectivity index (χ1n) is 6.14. The van der Waals surface area contributed by atoms with Crippen LogP contribution in [0.5, 0.6) is 0 Å². The average Bonchev–Trinajstić information content (AvgIpc) is 2.34. The molecule has 3 rings (SSSR count). The zero-order valence-corrected chi connectivity index (χ0v) is 13.5. The van der Waals surface area contributed by atoms with E-state index in [9.17, 15) is 0 Å². The summed E-state index contributed by atoms with van der Waals surface area (Å²) in [6.07, 6.45) is 0. The van der Waals surface area contributed by atoms with Crippen molar-refractivity contribution in [3.8, 4) is 0 Å². The summed E-state index contributed by atoms with van der Waals surface area (Å²) >= 11 is 3.86. The average molecular weight is 289 g/mol. The van der Waals surface area contributed by atoms with Gasteiger partial charge < -0.3 is 0 Å². The van der Waals surface area contributed by atoms with Gasteiger partial charge in [0.1, 0.15) is 0 Å². The van der Waals surface area contributed by atoms with E-state index in [1.165, 1.54) is 19.6 Å². The van der Waals surface area contributed by atoms with Crippen LogP contribution in [-0.2, 0) is 0 Å². The Kier molecular flexibility index (Phi) is 3.08. The van der Waals surface area contributed by atoms with E-state index in [0.717, 1.165) is 0 Å². The van der Waals surface area contributed by atoms with E-state index in [1.54, 1.807) is 5.19 Å². The molecule has 1 aliphatic heterocycles. The molecule has 0 aromatic heterocycles. The molecule has 0 atom stereocenters. The van der Waals surface area contributed by atoms with Gasteiger partial charge in [0.2, 0.25) is 0 Å². The Bertz CT molecular complexity index is 600. The first kappa shape index (κ1) is 12.4. The quantitative estimate of drug-likeness (QED) is 0.587. The predicted molar refractivity (Wildman–Crippen MR) is 84.1 cm³/mol. The minimum absolute atomic E-state index is 1.27. The van der Waals surface area contributed by atoms with E-state index in [2.05, 4.69) is 62.1 Å². The van der Waals surface area contributed by atoms with Gasteiger partial charge in [-0.3, -0.25) is 0 Å². The summed E-state index contributed by atoms with van der Waals surface area (Å²) < 4.78 is 0. The third kappa shape index (κ3) is 2.15. The monoisotopic (exact) mass is 288 g/mol. The highest BCUT2D eigenvalue weighted by atomic mass is 32.2. The third-order valence-electron chi connectivity index (χ3n) is 3.07. The fourth-order valence-corrected chi connectivity index (χ4v) is 7.00. The first-order valence-corrected chi connectivity index (χ1v) is 11.3. The highest BCUT2D eigenvalue weighted by Gasteiger charge is 2.25. The molecule has 92 valence electrons. The molecule has 0 saturated carbocycles. The van der Waals surface area contributed by atoms with Gasteiger partial charge in [0.25, 0.3) is 0 Å². The van der Waals surface area contributed by atoms with Crippen molar-refractivity contribution in [2.45, 2.75) is 39.2 Å². The highest BCUT2D eigenvalue weighted by Crippen LogP contribution is 2.47. The molecule has 18 heavy (non-hydrogen) atoms. The molecule has 0 fully saturated rings. The van der Waals surface area contributed by atoms with Gasteiger partial charge in [-0.2, -0.15) is 0 Å². The van der Waals surface area contributed by atoms with Crippen molar-refractivity contribution < 1.29 is 0 Å². The van der Waals surface area contributed by atoms with Gasteiger partial charge in [0.15, 0.2) is 0 Å². The number of benzene rings is 2. The van der Waals surface area contributed by atoms with Gasteiger partial charge in [-0.15, -0.1) is 0 Å². The normalized spacial score (nSPS) is 13.9. The molecule has 1 aliphatic rings. The molecule has 0 nitrogen and oxygen atoms in total. The lowest BCUT2D eigenvalue weighted by Gasteiger charge is -2.26. The van der Waals surface area contributed by atoms with Crippen LogP contribution in [0.25, 0.3) is 0 Å². The molecule has 0 bridgehead atoms. The van der Waals surface area contributed by atoms with Gasteiger partial charge in [-0.05, 0) is 23.4 Å². The van der Waals surface area contributed by atoms with Gasteiger partial charge in [0, 0.05) is 19.6 Å². The van der Waals surface area contributed by atoms with Gasteiger partial charge in [-0.1, -0.05) is 67.4 Å². The predicted octanol–water partition coefficient (Wildman–Crippen LogP) is 4.85. The minimum atomic E-state index is -1.27. The molecule has 0 N–H and O–H groups in total. The molecular formula is C15H16S2Si. The summed E-state index contributed by atoms with van der Waals surface area (Å²) in [5.74, 6) is 0. The van der Waals surface area contributed by atoms with Crippen molar-refractivity contribution in [3.63, 3.8) is 0 Å². The molecule has 3 heteroatoms. The summed E-state index contributed by atoms with van der Waals surface area (Å²) in [5, 5.41) is 1.59. The van der Waals surface area contributed by atoms with Gasteiger partial charge in [-0.25, -0.2) is 0 Å². The molecule has 2 aromatic carbocycles. The Labute approximate surface area is 118 Å². The maximum atomic E-state index is 2.42. The Morgan fingerprint density at radius 2 is 1.33 bits per heavy atom. The number of fused-ring (bicyclic) bond motifs is 2. The maximum Gasteiger partial charge on any atom is 0.0791 e. The zero-order valence-electron chi connectivity index (χ0n) is 10.9. The van der Waals surface area contributed by atoms with E-state index < -0.39 is 8.07 Å². The number of hydrogen-bond donors (Lipinski definition) is 0. The second kappa shape index (κ2) is 4.48. The van der Waals surface area contributed by atoms with Crippen molar-refractivity contribution in [2.24, 2.45) is 0 Å².